The molecule has 0 aliphatic carbocycles. The fourth-order valence-corrected chi connectivity index (χ4v) is 5.57. The van der Waals surface area contributed by atoms with Gasteiger partial charge >= 0.3 is 0 Å². The molecule has 2 aliphatic heterocycles. The zero-order valence-electron chi connectivity index (χ0n) is 24.0. The van der Waals surface area contributed by atoms with E-state index in [0.29, 0.717) is 64.7 Å². The minimum Gasteiger partial charge on any atom is -0.385 e. The van der Waals surface area contributed by atoms with Crippen molar-refractivity contribution in [1.82, 2.24) is 24.7 Å². The molecule has 2 aromatic rings. The second-order valence-electron chi connectivity index (χ2n) is 11.2. The minimum absolute atomic E-state index is 0.0532. The first kappa shape index (κ1) is 29.2. The van der Waals surface area contributed by atoms with Crippen LogP contribution in [0.25, 0.3) is 5.69 Å². The summed E-state index contributed by atoms with van der Waals surface area (Å²) in [6.07, 6.45) is 4.98. The molecule has 0 bridgehead atoms. The lowest BCUT2D eigenvalue weighted by Crippen LogP contribution is -2.56. The molecule has 2 amide bonds. The molecule has 1 N–H and O–H groups in total. The van der Waals surface area contributed by atoms with E-state index in [-0.39, 0.29) is 29.7 Å². The van der Waals surface area contributed by atoms with Crippen LogP contribution in [0.1, 0.15) is 54.9 Å². The first-order chi connectivity index (χ1) is 18.9. The number of piperidine rings is 1. The number of ether oxygens (including phenoxy) is 2. The maximum absolute atomic E-state index is 14.3. The van der Waals surface area contributed by atoms with Crippen LogP contribution in [0.5, 0.6) is 0 Å². The third-order valence-electron chi connectivity index (χ3n) is 7.66. The Morgan fingerprint density at radius 3 is 2.59 bits per heavy atom. The number of rotatable bonds is 11. The summed E-state index contributed by atoms with van der Waals surface area (Å²) in [5, 5.41) is 3.45. The van der Waals surface area contributed by atoms with Gasteiger partial charge < -0.3 is 29.2 Å². The maximum Gasteiger partial charge on any atom is 0.274 e. The SMILES string of the molecule is COCCCCc1c(C(=O)N(CC(C)C)[C@@H]2CNC[C@H](C(=O)N3CCOCC3)C2)ncn1-c1ccc(C)cc1. The highest BCUT2D eigenvalue weighted by molar-refractivity contribution is 5.94. The molecule has 0 unspecified atom stereocenters. The van der Waals surface area contributed by atoms with Gasteiger partial charge in [0, 0.05) is 58.2 Å². The zero-order chi connectivity index (χ0) is 27.8. The van der Waals surface area contributed by atoms with Crippen molar-refractivity contribution in [3.8, 4) is 5.69 Å². The van der Waals surface area contributed by atoms with Crippen LogP contribution in [-0.2, 0) is 20.7 Å². The molecule has 214 valence electrons. The van der Waals surface area contributed by atoms with Crippen LogP contribution < -0.4 is 5.32 Å². The number of hydrogen-bond donors (Lipinski definition) is 1. The molecular formula is C30H45N5O4. The number of nitrogens with one attached hydrogen (secondary N) is 1. The number of methoxy groups -OCH3 is 1. The number of aromatic nitrogens is 2. The summed E-state index contributed by atoms with van der Waals surface area (Å²) < 4.78 is 12.7. The molecule has 0 radical (unpaired) electrons. The largest absolute Gasteiger partial charge is 0.385 e. The topological polar surface area (TPSA) is 88.9 Å². The Hall–Kier alpha value is -2.75. The molecular weight excluding hydrogens is 494 g/mol. The molecule has 4 rings (SSSR count). The maximum atomic E-state index is 14.3. The van der Waals surface area contributed by atoms with Gasteiger partial charge in [0.25, 0.3) is 5.91 Å². The van der Waals surface area contributed by atoms with Crippen molar-refractivity contribution < 1.29 is 19.1 Å². The average molecular weight is 540 g/mol. The predicted molar refractivity (Wildman–Crippen MR) is 151 cm³/mol. The van der Waals surface area contributed by atoms with E-state index >= 15 is 0 Å². The molecule has 0 spiro atoms. The zero-order valence-corrected chi connectivity index (χ0v) is 24.0. The van der Waals surface area contributed by atoms with Crippen LogP contribution in [0.3, 0.4) is 0 Å². The number of hydrogen-bond acceptors (Lipinski definition) is 6. The van der Waals surface area contributed by atoms with Gasteiger partial charge in [-0.1, -0.05) is 31.5 Å². The molecule has 2 fully saturated rings. The van der Waals surface area contributed by atoms with Crippen LogP contribution in [-0.4, -0.2) is 96.9 Å². The Kier molecular flexibility index (Phi) is 10.5. The molecule has 0 saturated carbocycles. The number of amides is 2. The summed E-state index contributed by atoms with van der Waals surface area (Å²) in [4.78, 5) is 36.1. The van der Waals surface area contributed by atoms with E-state index in [1.807, 2.05) is 9.80 Å². The predicted octanol–water partition coefficient (Wildman–Crippen LogP) is 3.08. The van der Waals surface area contributed by atoms with Crippen LogP contribution in [0.4, 0.5) is 0 Å². The van der Waals surface area contributed by atoms with E-state index in [9.17, 15) is 9.59 Å². The molecule has 2 saturated heterocycles. The molecule has 9 nitrogen and oxygen atoms in total. The lowest BCUT2D eigenvalue weighted by Gasteiger charge is -2.40. The van der Waals surface area contributed by atoms with E-state index < -0.39 is 0 Å². The minimum atomic E-state index is -0.150. The first-order valence-electron chi connectivity index (χ1n) is 14.4. The number of nitrogens with zero attached hydrogens (tertiary/aromatic N) is 4. The third-order valence-corrected chi connectivity index (χ3v) is 7.66. The quantitative estimate of drug-likeness (QED) is 0.442. The molecule has 9 heteroatoms. The van der Waals surface area contributed by atoms with Crippen molar-refractivity contribution in [3.63, 3.8) is 0 Å². The summed E-state index contributed by atoms with van der Waals surface area (Å²) in [5.74, 6) is 0.244. The van der Waals surface area contributed by atoms with Gasteiger partial charge in [0.05, 0.1) is 24.8 Å². The Balaban J connectivity index is 1.59. The monoisotopic (exact) mass is 539 g/mol. The number of imidazole rings is 1. The molecule has 1 aromatic carbocycles. The lowest BCUT2D eigenvalue weighted by molar-refractivity contribution is -0.140. The molecule has 39 heavy (non-hydrogen) atoms. The number of unbranched alkanes of at least 4 members (excludes halogenated alkanes) is 1. The number of aryl methyl sites for hydroxylation is 1. The highest BCUT2D eigenvalue weighted by Crippen LogP contribution is 2.25. The van der Waals surface area contributed by atoms with Gasteiger partial charge in [-0.15, -0.1) is 0 Å². The van der Waals surface area contributed by atoms with Gasteiger partial charge in [-0.2, -0.15) is 0 Å². The number of carbonyl (C=O) groups excluding carboxylic acids is 2. The highest BCUT2D eigenvalue weighted by Gasteiger charge is 2.36. The van der Waals surface area contributed by atoms with Gasteiger partial charge in [0.2, 0.25) is 5.91 Å². The van der Waals surface area contributed by atoms with Crippen molar-refractivity contribution in [2.75, 3.05) is 59.7 Å². The Morgan fingerprint density at radius 2 is 1.90 bits per heavy atom. The van der Waals surface area contributed by atoms with E-state index in [0.717, 1.165) is 30.6 Å². The van der Waals surface area contributed by atoms with Crippen molar-refractivity contribution in [2.45, 2.75) is 52.5 Å². The average Bonchev–Trinajstić information content (AvgIpc) is 3.38. The summed E-state index contributed by atoms with van der Waals surface area (Å²) in [6.45, 7) is 11.4. The third kappa shape index (κ3) is 7.47. The van der Waals surface area contributed by atoms with Crippen LogP contribution in [0.2, 0.25) is 0 Å². The van der Waals surface area contributed by atoms with Crippen LogP contribution in [0.15, 0.2) is 30.6 Å². The Bertz CT molecular complexity index is 1080. The molecule has 2 atom stereocenters. The van der Waals surface area contributed by atoms with Gasteiger partial charge in [-0.25, -0.2) is 4.98 Å². The van der Waals surface area contributed by atoms with Crippen molar-refractivity contribution in [1.29, 1.82) is 0 Å². The Labute approximate surface area is 232 Å². The number of morpholine rings is 1. The molecule has 2 aliphatic rings. The first-order valence-corrected chi connectivity index (χ1v) is 14.4. The van der Waals surface area contributed by atoms with Crippen molar-refractivity contribution in [3.05, 3.63) is 47.5 Å². The molecule has 1 aromatic heterocycles. The van der Waals surface area contributed by atoms with Crippen molar-refractivity contribution >= 4 is 11.8 Å². The fraction of sp³-hybridized carbons (Fsp3) is 0.633. The van der Waals surface area contributed by atoms with E-state index in [1.165, 1.54) is 5.56 Å². The van der Waals surface area contributed by atoms with Crippen LogP contribution in [0, 0.1) is 18.8 Å². The summed E-state index contributed by atoms with van der Waals surface area (Å²) >= 11 is 0. The lowest BCUT2D eigenvalue weighted by atomic mass is 9.92. The van der Waals surface area contributed by atoms with E-state index in [4.69, 9.17) is 14.5 Å². The van der Waals surface area contributed by atoms with Gasteiger partial charge in [0.1, 0.15) is 12.0 Å². The summed E-state index contributed by atoms with van der Waals surface area (Å²) in [6, 6.07) is 8.23. The van der Waals surface area contributed by atoms with Crippen LogP contribution >= 0.6 is 0 Å². The number of benzene rings is 1. The van der Waals surface area contributed by atoms with E-state index in [2.05, 4.69) is 54.9 Å². The standard InChI is InChI=1S/C30H45N5O4/c1-22(2)20-34(26-17-24(18-31-19-26)29(36)33-12-15-39-16-13-33)30(37)28-27(7-5-6-14-38-4)35(21-32-28)25-10-8-23(3)9-11-25/h8-11,21-22,24,26,31H,5-7,12-20H2,1-4H3/t24-,26+/m1/s1. The highest BCUT2D eigenvalue weighted by atomic mass is 16.5. The van der Waals surface area contributed by atoms with E-state index in [1.54, 1.807) is 13.4 Å². The smallest absolute Gasteiger partial charge is 0.274 e. The summed E-state index contributed by atoms with van der Waals surface area (Å²) in [7, 11) is 1.71. The van der Waals surface area contributed by atoms with Crippen molar-refractivity contribution in [2.24, 2.45) is 11.8 Å². The molecule has 3 heterocycles. The second kappa shape index (κ2) is 14.1. The van der Waals surface area contributed by atoms with Gasteiger partial charge in [-0.3, -0.25) is 9.59 Å². The second-order valence-corrected chi connectivity index (χ2v) is 11.2. The normalized spacial score (nSPS) is 19.9. The Morgan fingerprint density at radius 1 is 1.15 bits per heavy atom. The fourth-order valence-electron chi connectivity index (χ4n) is 5.57. The van der Waals surface area contributed by atoms with Gasteiger partial charge in [-0.05, 0) is 50.7 Å². The summed E-state index contributed by atoms with van der Waals surface area (Å²) in [5.41, 5.74) is 3.62. The number of carbonyl (C=O) groups is 2. The van der Waals surface area contributed by atoms with Gasteiger partial charge in [0.15, 0.2) is 0 Å².